The Bertz CT molecular complexity index is 911. The van der Waals surface area contributed by atoms with E-state index in [2.05, 4.69) is 25.9 Å². The summed E-state index contributed by atoms with van der Waals surface area (Å²) < 4.78 is 30.3. The molecule has 134 valence electrons. The summed E-state index contributed by atoms with van der Waals surface area (Å²) in [5.41, 5.74) is 2.46. The van der Waals surface area contributed by atoms with Gasteiger partial charge >= 0.3 is 0 Å². The lowest BCUT2D eigenvalue weighted by atomic mass is 10.1. The number of hydrogen-bond donors (Lipinski definition) is 2. The number of nitrogens with one attached hydrogen (secondary N) is 1. The maximum atomic E-state index is 12.3. The van der Waals surface area contributed by atoms with Gasteiger partial charge < -0.3 is 9.84 Å². The van der Waals surface area contributed by atoms with Crippen molar-refractivity contribution in [1.82, 2.24) is 4.83 Å². The van der Waals surface area contributed by atoms with Gasteiger partial charge in [-0.1, -0.05) is 6.07 Å². The quantitative estimate of drug-likeness (QED) is 0.546. The third-order valence-electron chi connectivity index (χ3n) is 3.53. The molecule has 2 rings (SSSR count). The summed E-state index contributed by atoms with van der Waals surface area (Å²) >= 11 is 3.22. The zero-order valence-electron chi connectivity index (χ0n) is 14.1. The zero-order valence-corrected chi connectivity index (χ0v) is 16.5. The molecule has 0 unspecified atom stereocenters. The van der Waals surface area contributed by atoms with Gasteiger partial charge in [0.15, 0.2) is 11.5 Å². The van der Waals surface area contributed by atoms with Gasteiger partial charge in [-0.15, -0.1) is 0 Å². The van der Waals surface area contributed by atoms with Crippen LogP contribution >= 0.6 is 15.9 Å². The molecule has 0 fully saturated rings. The van der Waals surface area contributed by atoms with Crippen LogP contribution in [0.4, 0.5) is 0 Å². The third kappa shape index (κ3) is 4.73. The van der Waals surface area contributed by atoms with Crippen molar-refractivity contribution in [2.75, 3.05) is 6.61 Å². The SMILES string of the molecule is CCOc1cc(/C=N/NS(=O)(=O)c2ccc(C)c(C)c2)cc(Br)c1O. The number of halogens is 1. The van der Waals surface area contributed by atoms with Crippen LogP contribution in [0.25, 0.3) is 0 Å². The minimum absolute atomic E-state index is 0.0188. The van der Waals surface area contributed by atoms with Gasteiger partial charge in [0.25, 0.3) is 10.0 Å². The molecule has 0 aliphatic heterocycles. The molecule has 0 saturated heterocycles. The average Bonchev–Trinajstić information content (AvgIpc) is 2.54. The highest BCUT2D eigenvalue weighted by Gasteiger charge is 2.13. The summed E-state index contributed by atoms with van der Waals surface area (Å²) in [4.78, 5) is 2.33. The fourth-order valence-electron chi connectivity index (χ4n) is 2.04. The Morgan fingerprint density at radius 1 is 1.24 bits per heavy atom. The highest BCUT2D eigenvalue weighted by Crippen LogP contribution is 2.35. The fourth-order valence-corrected chi connectivity index (χ4v) is 3.37. The summed E-state index contributed by atoms with van der Waals surface area (Å²) in [7, 11) is -3.75. The molecule has 0 aliphatic carbocycles. The molecule has 25 heavy (non-hydrogen) atoms. The number of phenolic OH excluding ortho intramolecular Hbond substituents is 1. The Morgan fingerprint density at radius 2 is 1.96 bits per heavy atom. The van der Waals surface area contributed by atoms with E-state index in [1.807, 2.05) is 13.8 Å². The van der Waals surface area contributed by atoms with E-state index in [1.54, 1.807) is 31.2 Å². The van der Waals surface area contributed by atoms with Crippen LogP contribution in [0.2, 0.25) is 0 Å². The minimum Gasteiger partial charge on any atom is -0.503 e. The average molecular weight is 427 g/mol. The van der Waals surface area contributed by atoms with E-state index in [1.165, 1.54) is 12.3 Å². The monoisotopic (exact) mass is 426 g/mol. The minimum atomic E-state index is -3.75. The van der Waals surface area contributed by atoms with Crippen molar-refractivity contribution in [2.24, 2.45) is 5.10 Å². The number of ether oxygens (including phenoxy) is 1. The summed E-state index contributed by atoms with van der Waals surface area (Å²) in [6, 6.07) is 8.05. The molecular formula is C17H19BrN2O4S. The molecule has 0 spiro atoms. The highest BCUT2D eigenvalue weighted by atomic mass is 79.9. The molecule has 0 heterocycles. The number of nitrogens with zero attached hydrogens (tertiary/aromatic N) is 1. The fraction of sp³-hybridized carbons (Fsp3) is 0.235. The smallest absolute Gasteiger partial charge is 0.276 e. The Labute approximate surface area is 155 Å². The number of sulfonamides is 1. The molecule has 0 saturated carbocycles. The van der Waals surface area contributed by atoms with Crippen molar-refractivity contribution in [3.63, 3.8) is 0 Å². The first kappa shape index (κ1) is 19.3. The van der Waals surface area contributed by atoms with Gasteiger partial charge in [-0.25, -0.2) is 4.83 Å². The standard InChI is InChI=1S/C17H19BrN2O4S/c1-4-24-16-9-13(8-15(18)17(16)21)10-19-20-25(22,23)14-6-5-11(2)12(3)7-14/h5-10,20-21H,4H2,1-3H3/b19-10+. The van der Waals surface area contributed by atoms with Gasteiger partial charge in [-0.05, 0) is 77.7 Å². The summed E-state index contributed by atoms with van der Waals surface area (Å²) in [6.45, 7) is 5.95. The molecule has 0 atom stereocenters. The number of hydrazone groups is 1. The molecule has 0 bridgehead atoms. The summed E-state index contributed by atoms with van der Waals surface area (Å²) in [5, 5.41) is 13.7. The number of aromatic hydroxyl groups is 1. The third-order valence-corrected chi connectivity index (χ3v) is 5.35. The lowest BCUT2D eigenvalue weighted by molar-refractivity contribution is 0.317. The summed E-state index contributed by atoms with van der Waals surface area (Å²) in [5.74, 6) is 0.269. The molecule has 2 N–H and O–H groups in total. The van der Waals surface area contributed by atoms with Gasteiger partial charge in [-0.3, -0.25) is 0 Å². The van der Waals surface area contributed by atoms with Crippen molar-refractivity contribution in [1.29, 1.82) is 0 Å². The molecular weight excluding hydrogens is 408 g/mol. The van der Waals surface area contributed by atoms with Gasteiger partial charge in [0.1, 0.15) is 0 Å². The molecule has 2 aromatic carbocycles. The number of aryl methyl sites for hydroxylation is 2. The zero-order chi connectivity index (χ0) is 18.6. The second kappa shape index (κ2) is 7.88. The molecule has 0 radical (unpaired) electrons. The Balaban J connectivity index is 2.21. The molecule has 2 aromatic rings. The van der Waals surface area contributed by atoms with Crippen LogP contribution in [0, 0.1) is 13.8 Å². The van der Waals surface area contributed by atoms with Gasteiger partial charge in [-0.2, -0.15) is 13.5 Å². The molecule has 0 aliphatic rings. The highest BCUT2D eigenvalue weighted by molar-refractivity contribution is 9.10. The number of hydrogen-bond acceptors (Lipinski definition) is 5. The van der Waals surface area contributed by atoms with E-state index in [0.29, 0.717) is 16.6 Å². The van der Waals surface area contributed by atoms with Crippen LogP contribution in [0.5, 0.6) is 11.5 Å². The second-order valence-corrected chi connectivity index (χ2v) is 7.90. The lowest BCUT2D eigenvalue weighted by Crippen LogP contribution is -2.18. The van der Waals surface area contributed by atoms with E-state index < -0.39 is 10.0 Å². The first-order chi connectivity index (χ1) is 11.7. The molecule has 0 amide bonds. The number of rotatable bonds is 6. The lowest BCUT2D eigenvalue weighted by Gasteiger charge is -2.08. The van der Waals surface area contributed by atoms with Crippen LogP contribution in [0.1, 0.15) is 23.6 Å². The van der Waals surface area contributed by atoms with E-state index in [9.17, 15) is 13.5 Å². The van der Waals surface area contributed by atoms with Crippen LogP contribution in [-0.2, 0) is 10.0 Å². The predicted octanol–water partition coefficient (Wildman–Crippen LogP) is 3.48. The van der Waals surface area contributed by atoms with Crippen LogP contribution < -0.4 is 9.57 Å². The van der Waals surface area contributed by atoms with Crippen molar-refractivity contribution < 1.29 is 18.3 Å². The van der Waals surface area contributed by atoms with Crippen LogP contribution in [-0.4, -0.2) is 26.3 Å². The normalized spacial score (nSPS) is 11.7. The van der Waals surface area contributed by atoms with E-state index in [4.69, 9.17) is 4.74 Å². The maximum Gasteiger partial charge on any atom is 0.276 e. The van der Waals surface area contributed by atoms with Gasteiger partial charge in [0, 0.05) is 0 Å². The van der Waals surface area contributed by atoms with Crippen molar-refractivity contribution in [3.8, 4) is 11.5 Å². The van der Waals surface area contributed by atoms with E-state index in [-0.39, 0.29) is 16.4 Å². The van der Waals surface area contributed by atoms with Gasteiger partial charge in [0.2, 0.25) is 0 Å². The predicted molar refractivity (Wildman–Crippen MR) is 101 cm³/mol. The first-order valence-electron chi connectivity index (χ1n) is 7.52. The number of phenols is 1. The largest absolute Gasteiger partial charge is 0.503 e. The van der Waals surface area contributed by atoms with Gasteiger partial charge in [0.05, 0.1) is 22.2 Å². The topological polar surface area (TPSA) is 88.0 Å². The Morgan fingerprint density at radius 3 is 2.60 bits per heavy atom. The summed E-state index contributed by atoms with van der Waals surface area (Å²) in [6.07, 6.45) is 1.34. The van der Waals surface area contributed by atoms with Crippen LogP contribution in [0.3, 0.4) is 0 Å². The maximum absolute atomic E-state index is 12.3. The van der Waals surface area contributed by atoms with Crippen molar-refractivity contribution >= 4 is 32.2 Å². The molecule has 8 heteroatoms. The van der Waals surface area contributed by atoms with E-state index in [0.717, 1.165) is 11.1 Å². The molecule has 0 aromatic heterocycles. The van der Waals surface area contributed by atoms with Crippen molar-refractivity contribution in [2.45, 2.75) is 25.7 Å². The van der Waals surface area contributed by atoms with Crippen LogP contribution in [0.15, 0.2) is 44.8 Å². The number of benzene rings is 2. The Kier molecular flexibility index (Phi) is 6.07. The molecule has 6 nitrogen and oxygen atoms in total. The first-order valence-corrected chi connectivity index (χ1v) is 9.79. The van der Waals surface area contributed by atoms with Crippen molar-refractivity contribution in [3.05, 3.63) is 51.5 Å². The second-order valence-electron chi connectivity index (χ2n) is 5.38. The van der Waals surface area contributed by atoms with E-state index >= 15 is 0 Å². The Hall–Kier alpha value is -2.06.